The second-order valence-corrected chi connectivity index (χ2v) is 9.26. The zero-order chi connectivity index (χ0) is 25.3. The van der Waals surface area contributed by atoms with Crippen LogP contribution in [0, 0.1) is 0 Å². The molecular formula is C27H21BrNaO6P. The third kappa shape index (κ3) is 9.88. The van der Waals surface area contributed by atoms with Crippen molar-refractivity contribution in [1.29, 1.82) is 0 Å². The Morgan fingerprint density at radius 3 is 1.83 bits per heavy atom. The number of hydrogen-bond donors (Lipinski definition) is 2. The summed E-state index contributed by atoms with van der Waals surface area (Å²) >= 11 is 3.42. The van der Waals surface area contributed by atoms with Gasteiger partial charge in [0, 0.05) is 15.6 Å². The van der Waals surface area contributed by atoms with E-state index in [1.165, 1.54) is 24.3 Å². The molecule has 9 heteroatoms. The molecule has 0 spiro atoms. The van der Waals surface area contributed by atoms with Crippen LogP contribution in [0.4, 0.5) is 0 Å². The van der Waals surface area contributed by atoms with Crippen molar-refractivity contribution in [2.45, 2.75) is 0 Å². The van der Waals surface area contributed by atoms with Gasteiger partial charge in [-0.25, -0.2) is 0 Å². The van der Waals surface area contributed by atoms with E-state index in [9.17, 15) is 19.4 Å². The normalized spacial score (nSPS) is 12.2. The Kier molecular flexibility index (Phi) is 11.8. The third-order valence-corrected chi connectivity index (χ3v) is 5.57. The zero-order valence-corrected chi connectivity index (χ0v) is 23.8. The topological polar surface area (TPSA) is 107 Å². The molecule has 0 fully saturated rings. The van der Waals surface area contributed by atoms with Crippen molar-refractivity contribution in [3.63, 3.8) is 0 Å². The number of phosphoric acid groups is 1. The van der Waals surface area contributed by atoms with Gasteiger partial charge in [-0.15, -0.1) is 0 Å². The van der Waals surface area contributed by atoms with Crippen molar-refractivity contribution in [1.82, 2.24) is 0 Å². The van der Waals surface area contributed by atoms with Crippen LogP contribution < -0.4 is 39.0 Å². The van der Waals surface area contributed by atoms with Crippen molar-refractivity contribution in [2.24, 2.45) is 0 Å². The van der Waals surface area contributed by atoms with Crippen molar-refractivity contribution in [3.8, 4) is 11.5 Å². The van der Waals surface area contributed by atoms with Gasteiger partial charge in [-0.05, 0) is 65.7 Å². The first-order valence-corrected chi connectivity index (χ1v) is 12.6. The first-order chi connectivity index (χ1) is 16.7. The van der Waals surface area contributed by atoms with Crippen molar-refractivity contribution in [3.05, 3.63) is 130 Å². The number of benzene rings is 4. The second kappa shape index (κ2) is 14.3. The monoisotopic (exact) mass is 574 g/mol. The number of allylic oxidation sites excluding steroid dienone is 1. The first-order valence-electron chi connectivity index (χ1n) is 10.4. The summed E-state index contributed by atoms with van der Waals surface area (Å²) in [5, 5.41) is 9.43. The maximum Gasteiger partial charge on any atom is 1.00 e. The van der Waals surface area contributed by atoms with E-state index in [-0.39, 0.29) is 46.8 Å². The summed E-state index contributed by atoms with van der Waals surface area (Å²) in [6.45, 7) is 0. The Bertz CT molecular complexity index is 1320. The number of phenols is 1. The smallest absolute Gasteiger partial charge is 0.746 e. The van der Waals surface area contributed by atoms with E-state index in [1.807, 2.05) is 60.7 Å². The minimum absolute atomic E-state index is 0. The van der Waals surface area contributed by atoms with Gasteiger partial charge in [0.1, 0.15) is 11.5 Å². The van der Waals surface area contributed by atoms with Crippen LogP contribution in [0.15, 0.2) is 114 Å². The fraction of sp³-hybridized carbons (Fsp3) is 0. The molecule has 0 saturated carbocycles. The van der Waals surface area contributed by atoms with Gasteiger partial charge < -0.3 is 19.4 Å². The standard InChI is InChI=1S/C21H15BrO2.C6H7O4P.Na/c22-18-10-6-16(7-11-18)20(14-15-4-2-1-3-5-15)21(24)17-8-12-19(23)13-9-17;7-11(8,9)10-6-4-2-1-3-5-6;/h1-14,23H;1-5H,(H2,7,8,9);/q;;+1/p-1. The molecule has 0 aromatic heterocycles. The fourth-order valence-corrected chi connectivity index (χ4v) is 3.66. The van der Waals surface area contributed by atoms with Gasteiger partial charge in [0.15, 0.2) is 5.78 Å². The SMILES string of the molecule is O=C(C(=Cc1ccccc1)c1ccc(Br)cc1)c1ccc(O)cc1.O=P([O-])(O)Oc1ccccc1.[Na+]. The number of para-hydroxylation sites is 1. The predicted octanol–water partition coefficient (Wildman–Crippen LogP) is 3.11. The van der Waals surface area contributed by atoms with E-state index in [1.54, 1.807) is 30.3 Å². The number of Topliss-reactive ketones (excluding diaryl/α,β-unsaturated/α-hetero) is 1. The average molecular weight is 575 g/mol. The fourth-order valence-electron chi connectivity index (χ4n) is 3.01. The summed E-state index contributed by atoms with van der Waals surface area (Å²) in [6, 6.07) is 31.5. The number of ketones is 1. The molecule has 0 aliphatic carbocycles. The first kappa shape index (κ1) is 29.7. The molecule has 1 atom stereocenters. The van der Waals surface area contributed by atoms with E-state index < -0.39 is 7.82 Å². The van der Waals surface area contributed by atoms with Gasteiger partial charge in [0.25, 0.3) is 0 Å². The molecule has 6 nitrogen and oxygen atoms in total. The minimum Gasteiger partial charge on any atom is -0.746 e. The summed E-state index contributed by atoms with van der Waals surface area (Å²) in [5.74, 6) is 0.165. The molecule has 2 N–H and O–H groups in total. The molecule has 1 unspecified atom stereocenters. The molecule has 0 radical (unpaired) electrons. The predicted molar refractivity (Wildman–Crippen MR) is 138 cm³/mol. The summed E-state index contributed by atoms with van der Waals surface area (Å²) in [7, 11) is -4.64. The number of aromatic hydroxyl groups is 1. The Morgan fingerprint density at radius 2 is 1.31 bits per heavy atom. The molecule has 0 aliphatic rings. The molecular weight excluding hydrogens is 554 g/mol. The Balaban J connectivity index is 0.000000321. The summed E-state index contributed by atoms with van der Waals surface area (Å²) in [6.07, 6.45) is 1.89. The van der Waals surface area contributed by atoms with Crippen LogP contribution in [0.2, 0.25) is 0 Å². The van der Waals surface area contributed by atoms with Crippen LogP contribution in [0.3, 0.4) is 0 Å². The summed E-state index contributed by atoms with van der Waals surface area (Å²) in [4.78, 5) is 31.4. The van der Waals surface area contributed by atoms with Crippen molar-refractivity contribution >= 4 is 41.2 Å². The molecule has 178 valence electrons. The number of halogens is 1. The number of phenolic OH excluding ortho intramolecular Hbond substituents is 1. The number of carbonyl (C=O) groups excluding carboxylic acids is 1. The quantitative estimate of drug-likeness (QED) is 0.120. The molecule has 0 aliphatic heterocycles. The van der Waals surface area contributed by atoms with Crippen LogP contribution in [0.5, 0.6) is 11.5 Å². The van der Waals surface area contributed by atoms with Gasteiger partial charge in [0.2, 0.25) is 0 Å². The molecule has 4 rings (SSSR count). The van der Waals surface area contributed by atoms with Crippen LogP contribution in [0.1, 0.15) is 21.5 Å². The number of phosphoric ester groups is 1. The van der Waals surface area contributed by atoms with Crippen LogP contribution in [-0.4, -0.2) is 15.8 Å². The van der Waals surface area contributed by atoms with E-state index in [4.69, 9.17) is 4.89 Å². The average Bonchev–Trinajstić information content (AvgIpc) is 2.84. The van der Waals surface area contributed by atoms with Crippen molar-refractivity contribution < 1.29 is 58.3 Å². The van der Waals surface area contributed by atoms with Gasteiger partial charge in [-0.2, -0.15) is 0 Å². The van der Waals surface area contributed by atoms with Crippen LogP contribution in [0.25, 0.3) is 11.6 Å². The molecule has 36 heavy (non-hydrogen) atoms. The molecule has 4 aromatic carbocycles. The molecule has 0 heterocycles. The van der Waals surface area contributed by atoms with E-state index in [0.717, 1.165) is 15.6 Å². The van der Waals surface area contributed by atoms with Gasteiger partial charge in [-0.3, -0.25) is 9.36 Å². The summed E-state index contributed by atoms with van der Waals surface area (Å²) < 4.78 is 15.3. The number of hydrogen-bond acceptors (Lipinski definition) is 5. The molecule has 0 saturated heterocycles. The molecule has 4 aromatic rings. The van der Waals surface area contributed by atoms with Crippen LogP contribution in [-0.2, 0) is 4.57 Å². The Labute approximate surface area is 240 Å². The second-order valence-electron chi connectivity index (χ2n) is 7.22. The van der Waals surface area contributed by atoms with Crippen molar-refractivity contribution in [2.75, 3.05) is 0 Å². The number of rotatable bonds is 6. The maximum absolute atomic E-state index is 13.0. The minimum atomic E-state index is -4.64. The van der Waals surface area contributed by atoms with Crippen LogP contribution >= 0.6 is 23.8 Å². The van der Waals surface area contributed by atoms with E-state index >= 15 is 0 Å². The van der Waals surface area contributed by atoms with Gasteiger partial charge in [0.05, 0.1) is 0 Å². The maximum atomic E-state index is 13.0. The molecule has 0 bridgehead atoms. The Hall–Kier alpha value is -2.48. The summed E-state index contributed by atoms with van der Waals surface area (Å²) in [5.41, 5.74) is 2.96. The van der Waals surface area contributed by atoms with Gasteiger partial charge in [-0.1, -0.05) is 76.6 Å². The largest absolute Gasteiger partial charge is 1.00 e. The number of carbonyl (C=O) groups is 1. The van der Waals surface area contributed by atoms with E-state index in [2.05, 4.69) is 20.5 Å². The van der Waals surface area contributed by atoms with Gasteiger partial charge >= 0.3 is 37.4 Å². The van der Waals surface area contributed by atoms with E-state index in [0.29, 0.717) is 11.1 Å². The Morgan fingerprint density at radius 1 is 0.806 bits per heavy atom. The molecule has 0 amide bonds. The zero-order valence-electron chi connectivity index (χ0n) is 19.3. The third-order valence-electron chi connectivity index (χ3n) is 4.60.